The fourth-order valence-electron chi connectivity index (χ4n) is 4.42. The van der Waals surface area contributed by atoms with Crippen LogP contribution < -0.4 is 5.73 Å². The molecular weight excluding hydrogens is 296 g/mol. The second kappa shape index (κ2) is 6.21. The van der Waals surface area contributed by atoms with Gasteiger partial charge >= 0.3 is 0 Å². The largest absolute Gasteiger partial charge is 0.342 e. The van der Waals surface area contributed by atoms with Gasteiger partial charge in [0.15, 0.2) is 0 Å². The molecule has 2 aromatic carbocycles. The summed E-state index contributed by atoms with van der Waals surface area (Å²) in [6, 6.07) is 15.0. The van der Waals surface area contributed by atoms with Crippen LogP contribution in [0.25, 0.3) is 10.8 Å². The van der Waals surface area contributed by atoms with Crippen LogP contribution in [0.1, 0.15) is 31.2 Å². The van der Waals surface area contributed by atoms with Crippen molar-refractivity contribution in [2.75, 3.05) is 19.6 Å². The smallest absolute Gasteiger partial charge is 0.226 e. The maximum atomic E-state index is 12.9. The van der Waals surface area contributed by atoms with E-state index in [1.54, 1.807) is 0 Å². The molecule has 1 aliphatic carbocycles. The van der Waals surface area contributed by atoms with Crippen molar-refractivity contribution in [3.8, 4) is 0 Å². The van der Waals surface area contributed by atoms with Gasteiger partial charge in [-0.15, -0.1) is 0 Å². The molecule has 1 heterocycles. The van der Waals surface area contributed by atoms with Crippen LogP contribution in [0, 0.1) is 17.8 Å². The Morgan fingerprint density at radius 1 is 1.17 bits per heavy atom. The second-order valence-electron chi connectivity index (χ2n) is 7.57. The number of likely N-dealkylation sites (tertiary alicyclic amines) is 1. The van der Waals surface area contributed by atoms with Gasteiger partial charge in [-0.1, -0.05) is 49.4 Å². The Balaban J connectivity index is 1.49. The Hall–Kier alpha value is -1.87. The standard InChI is InChI=1S/C21H26N2O/c1-14-12-23(13-16(14)9-10-22)21(24)20-11-19(20)18-8-4-6-15-5-2-3-7-17(15)18/h2-8,14,16,19-20H,9-13,22H2,1H3/t14-,16-,19+,20-/m1/s1. The zero-order valence-electron chi connectivity index (χ0n) is 14.3. The van der Waals surface area contributed by atoms with E-state index in [2.05, 4.69) is 54.3 Å². The minimum absolute atomic E-state index is 0.180. The summed E-state index contributed by atoms with van der Waals surface area (Å²) in [7, 11) is 0. The summed E-state index contributed by atoms with van der Waals surface area (Å²) in [5.41, 5.74) is 7.06. The van der Waals surface area contributed by atoms with Crippen LogP contribution in [0.15, 0.2) is 42.5 Å². The van der Waals surface area contributed by atoms with E-state index >= 15 is 0 Å². The highest BCUT2D eigenvalue weighted by Crippen LogP contribution is 2.50. The summed E-state index contributed by atoms with van der Waals surface area (Å²) in [5, 5.41) is 2.57. The summed E-state index contributed by atoms with van der Waals surface area (Å²) in [5.74, 6) is 2.09. The van der Waals surface area contributed by atoms with E-state index < -0.39 is 0 Å². The molecule has 2 aromatic rings. The number of carbonyl (C=O) groups excluding carboxylic acids is 1. The highest BCUT2D eigenvalue weighted by Gasteiger charge is 2.47. The summed E-state index contributed by atoms with van der Waals surface area (Å²) in [6.07, 6.45) is 2.03. The van der Waals surface area contributed by atoms with Crippen LogP contribution in [-0.4, -0.2) is 30.4 Å². The first-order valence-electron chi connectivity index (χ1n) is 9.15. The molecule has 2 fully saturated rings. The first-order valence-corrected chi connectivity index (χ1v) is 9.15. The summed E-state index contributed by atoms with van der Waals surface area (Å²) < 4.78 is 0. The molecule has 24 heavy (non-hydrogen) atoms. The zero-order valence-corrected chi connectivity index (χ0v) is 14.3. The molecule has 1 amide bonds. The van der Waals surface area contributed by atoms with Gasteiger partial charge in [-0.05, 0) is 53.5 Å². The average Bonchev–Trinajstić information content (AvgIpc) is 3.32. The lowest BCUT2D eigenvalue weighted by Crippen LogP contribution is -2.30. The Labute approximate surface area is 143 Å². The average molecular weight is 322 g/mol. The topological polar surface area (TPSA) is 46.3 Å². The Bertz CT molecular complexity index is 751. The minimum atomic E-state index is 0.180. The zero-order chi connectivity index (χ0) is 16.7. The lowest BCUT2D eigenvalue weighted by Gasteiger charge is -2.16. The maximum absolute atomic E-state index is 12.9. The molecular formula is C21H26N2O. The molecule has 0 bridgehead atoms. The van der Waals surface area contributed by atoms with Crippen molar-refractivity contribution in [3.63, 3.8) is 0 Å². The number of hydrogen-bond acceptors (Lipinski definition) is 2. The SMILES string of the molecule is C[C@@H]1CN(C(=O)[C@@H]2C[C@H]2c2cccc3ccccc23)C[C@H]1CCN. The summed E-state index contributed by atoms with van der Waals surface area (Å²) >= 11 is 0. The van der Waals surface area contributed by atoms with Crippen molar-refractivity contribution in [3.05, 3.63) is 48.0 Å². The van der Waals surface area contributed by atoms with Gasteiger partial charge in [-0.3, -0.25) is 4.79 Å². The van der Waals surface area contributed by atoms with Gasteiger partial charge in [0.25, 0.3) is 0 Å². The molecule has 4 atom stereocenters. The number of hydrogen-bond donors (Lipinski definition) is 1. The van der Waals surface area contributed by atoms with Gasteiger partial charge in [0.05, 0.1) is 0 Å². The van der Waals surface area contributed by atoms with Crippen LogP contribution in [0.4, 0.5) is 0 Å². The van der Waals surface area contributed by atoms with Crippen molar-refractivity contribution in [1.82, 2.24) is 4.90 Å². The third-order valence-corrected chi connectivity index (χ3v) is 5.95. The number of fused-ring (bicyclic) bond motifs is 1. The quantitative estimate of drug-likeness (QED) is 0.938. The second-order valence-corrected chi connectivity index (χ2v) is 7.57. The van der Waals surface area contributed by atoms with Crippen LogP contribution in [0.3, 0.4) is 0 Å². The number of rotatable bonds is 4. The lowest BCUT2D eigenvalue weighted by atomic mass is 9.95. The Morgan fingerprint density at radius 2 is 1.96 bits per heavy atom. The van der Waals surface area contributed by atoms with Crippen LogP contribution in [0.2, 0.25) is 0 Å². The molecule has 1 aliphatic heterocycles. The third kappa shape index (κ3) is 2.71. The van der Waals surface area contributed by atoms with Gasteiger partial charge in [0.1, 0.15) is 0 Å². The van der Waals surface area contributed by atoms with E-state index in [1.165, 1.54) is 16.3 Å². The molecule has 0 spiro atoms. The normalized spacial score (nSPS) is 29.2. The van der Waals surface area contributed by atoms with Crippen molar-refractivity contribution in [1.29, 1.82) is 0 Å². The van der Waals surface area contributed by atoms with Crippen LogP contribution in [-0.2, 0) is 4.79 Å². The molecule has 2 aliphatic rings. The molecule has 3 heteroatoms. The molecule has 1 saturated carbocycles. The predicted octanol–water partition coefficient (Wildman–Crippen LogP) is 3.39. The first kappa shape index (κ1) is 15.6. The van der Waals surface area contributed by atoms with E-state index in [-0.39, 0.29) is 5.92 Å². The Kier molecular flexibility index (Phi) is 4.05. The highest BCUT2D eigenvalue weighted by molar-refractivity contribution is 5.89. The number of carbonyl (C=O) groups is 1. The molecule has 0 unspecified atom stereocenters. The van der Waals surface area contributed by atoms with Gasteiger partial charge in [-0.25, -0.2) is 0 Å². The molecule has 3 nitrogen and oxygen atoms in total. The van der Waals surface area contributed by atoms with E-state index in [0.29, 0.717) is 23.7 Å². The monoisotopic (exact) mass is 322 g/mol. The van der Waals surface area contributed by atoms with Crippen molar-refractivity contribution in [2.45, 2.75) is 25.7 Å². The van der Waals surface area contributed by atoms with Gasteiger partial charge in [0, 0.05) is 19.0 Å². The van der Waals surface area contributed by atoms with E-state index in [1.807, 2.05) is 0 Å². The summed E-state index contributed by atoms with van der Waals surface area (Å²) in [4.78, 5) is 15.0. The fourth-order valence-corrected chi connectivity index (χ4v) is 4.42. The molecule has 1 saturated heterocycles. The van der Waals surface area contributed by atoms with Crippen molar-refractivity contribution in [2.24, 2.45) is 23.5 Å². The summed E-state index contributed by atoms with van der Waals surface area (Å²) in [6.45, 7) is 4.78. The van der Waals surface area contributed by atoms with Crippen LogP contribution >= 0.6 is 0 Å². The maximum Gasteiger partial charge on any atom is 0.226 e. The Morgan fingerprint density at radius 3 is 2.79 bits per heavy atom. The first-order chi connectivity index (χ1) is 11.7. The van der Waals surface area contributed by atoms with Gasteiger partial charge in [0.2, 0.25) is 5.91 Å². The van der Waals surface area contributed by atoms with Gasteiger partial charge < -0.3 is 10.6 Å². The molecule has 2 N–H and O–H groups in total. The van der Waals surface area contributed by atoms with Crippen LogP contribution in [0.5, 0.6) is 0 Å². The van der Waals surface area contributed by atoms with Crippen molar-refractivity contribution >= 4 is 16.7 Å². The van der Waals surface area contributed by atoms with Crippen molar-refractivity contribution < 1.29 is 4.79 Å². The fraction of sp³-hybridized carbons (Fsp3) is 0.476. The molecule has 126 valence electrons. The number of nitrogens with two attached hydrogens (primary N) is 1. The molecule has 4 rings (SSSR count). The molecule has 0 aromatic heterocycles. The van der Waals surface area contributed by atoms with E-state index in [0.717, 1.165) is 32.5 Å². The highest BCUT2D eigenvalue weighted by atomic mass is 16.2. The number of benzene rings is 2. The van der Waals surface area contributed by atoms with E-state index in [9.17, 15) is 4.79 Å². The minimum Gasteiger partial charge on any atom is -0.342 e. The number of amides is 1. The third-order valence-electron chi connectivity index (χ3n) is 5.95. The van der Waals surface area contributed by atoms with E-state index in [4.69, 9.17) is 5.73 Å². The van der Waals surface area contributed by atoms with Gasteiger partial charge in [-0.2, -0.15) is 0 Å². The lowest BCUT2D eigenvalue weighted by molar-refractivity contribution is -0.131. The molecule has 0 radical (unpaired) electrons. The predicted molar refractivity (Wildman–Crippen MR) is 97.7 cm³/mol. The number of nitrogens with zero attached hydrogens (tertiary/aromatic N) is 1.